The fourth-order valence-electron chi connectivity index (χ4n) is 1.89. The van der Waals surface area contributed by atoms with Gasteiger partial charge in [0, 0.05) is 31.9 Å². The van der Waals surface area contributed by atoms with Gasteiger partial charge in [0.05, 0.1) is 6.04 Å². The first-order chi connectivity index (χ1) is 7.74. The Balaban J connectivity index is 2.18. The Labute approximate surface area is 117 Å². The van der Waals surface area contributed by atoms with Crippen LogP contribution in [0.25, 0.3) is 0 Å². The third-order valence-electron chi connectivity index (χ3n) is 2.72. The van der Waals surface area contributed by atoms with Crippen molar-refractivity contribution in [1.29, 1.82) is 0 Å². The van der Waals surface area contributed by atoms with Gasteiger partial charge in [0.1, 0.15) is 0 Å². The molecule has 16 heavy (non-hydrogen) atoms. The Hall–Kier alpha value is 0.800. The monoisotopic (exact) mass is 338 g/mol. The van der Waals surface area contributed by atoms with Gasteiger partial charge in [-0.3, -0.25) is 11.3 Å². The molecule has 2 rings (SSSR count). The maximum Gasteiger partial charge on any atom is 0.0608 e. The largest absolute Gasteiger partial charge is 0.271 e. The Morgan fingerprint density at radius 3 is 2.75 bits per heavy atom. The van der Waals surface area contributed by atoms with Gasteiger partial charge in [-0.05, 0) is 26.9 Å². The summed E-state index contributed by atoms with van der Waals surface area (Å²) in [4.78, 5) is 0. The fourth-order valence-corrected chi connectivity index (χ4v) is 6.39. The molecule has 2 heterocycles. The number of thioether (sulfide) groups is 2. The minimum absolute atomic E-state index is 0.244. The zero-order chi connectivity index (χ0) is 11.5. The third kappa shape index (κ3) is 2.79. The maximum absolute atomic E-state index is 5.74. The van der Waals surface area contributed by atoms with Crippen molar-refractivity contribution < 1.29 is 0 Å². The molecule has 0 bridgehead atoms. The van der Waals surface area contributed by atoms with Crippen molar-refractivity contribution >= 4 is 50.8 Å². The van der Waals surface area contributed by atoms with Crippen LogP contribution < -0.4 is 11.3 Å². The zero-order valence-corrected chi connectivity index (χ0v) is 13.0. The summed E-state index contributed by atoms with van der Waals surface area (Å²) < 4.78 is 1.17. The Bertz CT molecular complexity index is 345. The molecule has 3 N–H and O–H groups in total. The van der Waals surface area contributed by atoms with Crippen molar-refractivity contribution in [2.75, 3.05) is 11.5 Å². The van der Waals surface area contributed by atoms with Crippen LogP contribution in [0.4, 0.5) is 0 Å². The van der Waals surface area contributed by atoms with Crippen LogP contribution in [-0.4, -0.2) is 22.0 Å². The molecule has 1 saturated heterocycles. The van der Waals surface area contributed by atoms with E-state index in [1.54, 1.807) is 11.3 Å². The van der Waals surface area contributed by atoms with Crippen LogP contribution in [0.15, 0.2) is 15.2 Å². The van der Waals surface area contributed by atoms with Gasteiger partial charge < -0.3 is 0 Å². The number of hydrogen-bond donors (Lipinski definition) is 2. The molecule has 0 aromatic carbocycles. The van der Waals surface area contributed by atoms with Crippen LogP contribution in [0.1, 0.15) is 18.5 Å². The predicted molar refractivity (Wildman–Crippen MR) is 80.2 cm³/mol. The number of hydrazine groups is 1. The fraction of sp³-hybridized carbons (Fsp3) is 0.600. The van der Waals surface area contributed by atoms with Gasteiger partial charge in [0.15, 0.2) is 0 Å². The molecule has 0 saturated carbocycles. The summed E-state index contributed by atoms with van der Waals surface area (Å²) in [5.74, 6) is 8.21. The molecule has 1 aromatic heterocycles. The second-order valence-electron chi connectivity index (χ2n) is 3.73. The molecule has 3 unspecified atom stereocenters. The molecule has 1 aliphatic heterocycles. The second kappa shape index (κ2) is 6.11. The van der Waals surface area contributed by atoms with Crippen molar-refractivity contribution in [1.82, 2.24) is 5.43 Å². The highest BCUT2D eigenvalue weighted by Crippen LogP contribution is 2.40. The molecule has 1 aromatic rings. The van der Waals surface area contributed by atoms with Gasteiger partial charge in [-0.2, -0.15) is 34.9 Å². The number of nitrogens with one attached hydrogen (secondary N) is 1. The van der Waals surface area contributed by atoms with Gasteiger partial charge >= 0.3 is 0 Å². The first-order valence-corrected chi connectivity index (χ1v) is 8.98. The van der Waals surface area contributed by atoms with Crippen LogP contribution in [0, 0.1) is 0 Å². The van der Waals surface area contributed by atoms with Crippen molar-refractivity contribution in [3.63, 3.8) is 0 Å². The third-order valence-corrected chi connectivity index (χ3v) is 7.67. The summed E-state index contributed by atoms with van der Waals surface area (Å²) in [7, 11) is 0. The number of thiophene rings is 1. The first kappa shape index (κ1) is 13.2. The standard InChI is InChI=1S/C10H15BrN2S3/c1-6-10(16-3-2-15-6)9(13-12)7-4-14-5-8(7)11/h4-6,9-10,13H,2-3,12H2,1H3. The minimum Gasteiger partial charge on any atom is -0.271 e. The average molecular weight is 339 g/mol. The Morgan fingerprint density at radius 1 is 1.44 bits per heavy atom. The molecule has 0 radical (unpaired) electrons. The van der Waals surface area contributed by atoms with E-state index in [1.165, 1.54) is 21.5 Å². The average Bonchev–Trinajstić information content (AvgIpc) is 2.69. The predicted octanol–water partition coefficient (Wildman–Crippen LogP) is 3.25. The SMILES string of the molecule is CC1SCCSC1C(NN)c1cscc1Br. The topological polar surface area (TPSA) is 38.0 Å². The van der Waals surface area contributed by atoms with Crippen LogP contribution in [0.5, 0.6) is 0 Å². The highest BCUT2D eigenvalue weighted by Gasteiger charge is 2.32. The van der Waals surface area contributed by atoms with E-state index >= 15 is 0 Å². The normalized spacial score (nSPS) is 27.9. The molecule has 0 amide bonds. The van der Waals surface area contributed by atoms with E-state index in [9.17, 15) is 0 Å². The molecule has 0 aliphatic carbocycles. The van der Waals surface area contributed by atoms with Gasteiger partial charge in [-0.25, -0.2) is 0 Å². The molecule has 1 fully saturated rings. The van der Waals surface area contributed by atoms with Crippen molar-refractivity contribution in [2.45, 2.75) is 23.5 Å². The van der Waals surface area contributed by atoms with Crippen LogP contribution >= 0.6 is 50.8 Å². The molecule has 2 nitrogen and oxygen atoms in total. The maximum atomic E-state index is 5.74. The number of nitrogens with two attached hydrogens (primary N) is 1. The van der Waals surface area contributed by atoms with E-state index in [4.69, 9.17) is 5.84 Å². The summed E-state index contributed by atoms with van der Waals surface area (Å²) in [6, 6.07) is 0.244. The lowest BCUT2D eigenvalue weighted by Crippen LogP contribution is -2.40. The van der Waals surface area contributed by atoms with E-state index in [2.05, 4.69) is 39.0 Å². The lowest BCUT2D eigenvalue weighted by molar-refractivity contribution is 0.527. The smallest absolute Gasteiger partial charge is 0.0608 e. The lowest BCUT2D eigenvalue weighted by Gasteiger charge is -2.34. The van der Waals surface area contributed by atoms with E-state index in [0.29, 0.717) is 10.5 Å². The summed E-state index contributed by atoms with van der Waals surface area (Å²) >= 11 is 9.39. The molecular formula is C10H15BrN2S3. The van der Waals surface area contributed by atoms with E-state index in [0.717, 1.165) is 0 Å². The Kier molecular flexibility index (Phi) is 5.05. The molecule has 3 atom stereocenters. The number of rotatable bonds is 3. The second-order valence-corrected chi connectivity index (χ2v) is 8.10. The van der Waals surface area contributed by atoms with Crippen molar-refractivity contribution in [2.24, 2.45) is 5.84 Å². The van der Waals surface area contributed by atoms with Gasteiger partial charge in [0.2, 0.25) is 0 Å². The van der Waals surface area contributed by atoms with Crippen LogP contribution in [-0.2, 0) is 0 Å². The zero-order valence-electron chi connectivity index (χ0n) is 8.98. The molecule has 90 valence electrons. The summed E-state index contributed by atoms with van der Waals surface area (Å²) in [5, 5.41) is 5.49. The Morgan fingerprint density at radius 2 is 2.19 bits per heavy atom. The van der Waals surface area contributed by atoms with E-state index in [1.807, 2.05) is 23.5 Å². The van der Waals surface area contributed by atoms with Crippen molar-refractivity contribution in [3.05, 3.63) is 20.8 Å². The van der Waals surface area contributed by atoms with Gasteiger partial charge in [-0.1, -0.05) is 6.92 Å². The summed E-state index contributed by atoms with van der Waals surface area (Å²) in [6.07, 6.45) is 0. The van der Waals surface area contributed by atoms with Crippen LogP contribution in [0.2, 0.25) is 0 Å². The number of hydrogen-bond acceptors (Lipinski definition) is 5. The quantitative estimate of drug-likeness (QED) is 0.655. The van der Waals surface area contributed by atoms with Gasteiger partial charge in [-0.15, -0.1) is 0 Å². The van der Waals surface area contributed by atoms with E-state index in [-0.39, 0.29) is 6.04 Å². The lowest BCUT2D eigenvalue weighted by atomic mass is 10.1. The minimum atomic E-state index is 0.244. The highest BCUT2D eigenvalue weighted by atomic mass is 79.9. The van der Waals surface area contributed by atoms with E-state index < -0.39 is 0 Å². The molecule has 1 aliphatic rings. The summed E-state index contributed by atoms with van der Waals surface area (Å²) in [5.41, 5.74) is 4.28. The summed E-state index contributed by atoms with van der Waals surface area (Å²) in [6.45, 7) is 2.30. The number of halogens is 1. The molecular weight excluding hydrogens is 324 g/mol. The van der Waals surface area contributed by atoms with Gasteiger partial charge in [0.25, 0.3) is 0 Å². The molecule has 6 heteroatoms. The highest BCUT2D eigenvalue weighted by molar-refractivity contribution is 9.10. The first-order valence-electron chi connectivity index (χ1n) is 5.15. The molecule has 0 spiro atoms. The van der Waals surface area contributed by atoms with Crippen molar-refractivity contribution in [3.8, 4) is 0 Å². The van der Waals surface area contributed by atoms with Crippen LogP contribution in [0.3, 0.4) is 0 Å².